The van der Waals surface area contributed by atoms with Gasteiger partial charge < -0.3 is 24.7 Å². The Morgan fingerprint density at radius 2 is 1.83 bits per heavy atom. The van der Waals surface area contributed by atoms with Gasteiger partial charge in [0.2, 0.25) is 0 Å². The first-order chi connectivity index (χ1) is 17.0. The quantitative estimate of drug-likeness (QED) is 0.612. The van der Waals surface area contributed by atoms with Crippen molar-refractivity contribution in [2.24, 2.45) is 5.73 Å². The van der Waals surface area contributed by atoms with E-state index in [4.69, 9.17) is 14.9 Å². The largest absolute Gasteiger partial charge is 0.476 e. The third-order valence-corrected chi connectivity index (χ3v) is 6.19. The van der Waals surface area contributed by atoms with E-state index in [9.17, 15) is 14.4 Å². The molecule has 35 heavy (non-hydrogen) atoms. The molecule has 0 spiro atoms. The van der Waals surface area contributed by atoms with Crippen molar-refractivity contribution in [3.05, 3.63) is 72.3 Å². The second-order valence-corrected chi connectivity index (χ2v) is 8.37. The monoisotopic (exact) mass is 475 g/mol. The van der Waals surface area contributed by atoms with Crippen LogP contribution in [0, 0.1) is 0 Å². The van der Waals surface area contributed by atoms with Crippen LogP contribution < -0.4 is 20.3 Å². The van der Waals surface area contributed by atoms with E-state index in [1.54, 1.807) is 53.6 Å². The van der Waals surface area contributed by atoms with Gasteiger partial charge in [-0.25, -0.2) is 4.98 Å². The van der Waals surface area contributed by atoms with Crippen LogP contribution in [-0.4, -0.2) is 66.4 Å². The number of rotatable bonds is 4. The molecule has 3 aromatic rings. The number of aromatic nitrogens is 1. The lowest BCUT2D eigenvalue weighted by molar-refractivity contribution is -0.138. The van der Waals surface area contributed by atoms with E-state index in [1.165, 1.54) is 11.2 Å². The highest BCUT2D eigenvalue weighted by Crippen LogP contribution is 2.34. The number of nitrogens with two attached hydrogens (primary N) is 1. The van der Waals surface area contributed by atoms with Crippen LogP contribution in [0.4, 0.5) is 11.5 Å². The Labute approximate surface area is 201 Å². The van der Waals surface area contributed by atoms with E-state index in [0.29, 0.717) is 55.4 Å². The van der Waals surface area contributed by atoms with Crippen molar-refractivity contribution in [2.45, 2.75) is 12.5 Å². The van der Waals surface area contributed by atoms with E-state index in [0.717, 1.165) is 0 Å². The summed E-state index contributed by atoms with van der Waals surface area (Å²) < 4.78 is 11.3. The first-order valence-corrected chi connectivity index (χ1v) is 11.4. The molecule has 5 rings (SSSR count). The first-order valence-electron chi connectivity index (χ1n) is 11.4. The van der Waals surface area contributed by atoms with E-state index in [2.05, 4.69) is 4.98 Å². The molecule has 2 aliphatic rings. The summed E-state index contributed by atoms with van der Waals surface area (Å²) >= 11 is 0. The topological polar surface area (TPSA) is 122 Å². The van der Waals surface area contributed by atoms with Gasteiger partial charge in [0.05, 0.1) is 24.1 Å². The molecule has 0 radical (unpaired) electrons. The number of amides is 3. The van der Waals surface area contributed by atoms with Crippen molar-refractivity contribution in [1.29, 1.82) is 0 Å². The van der Waals surface area contributed by atoms with E-state index in [1.807, 2.05) is 11.0 Å². The average molecular weight is 476 g/mol. The predicted octanol–water partition coefficient (Wildman–Crippen LogP) is 1.92. The number of hydrogen-bond acceptors (Lipinski definition) is 7. The Hall–Kier alpha value is -4.34. The van der Waals surface area contributed by atoms with Gasteiger partial charge in [0.15, 0.2) is 11.9 Å². The molecule has 2 N–H and O–H groups in total. The lowest BCUT2D eigenvalue weighted by atomic mass is 10.1. The lowest BCUT2D eigenvalue weighted by Gasteiger charge is -2.35. The molecule has 2 aromatic heterocycles. The van der Waals surface area contributed by atoms with E-state index >= 15 is 0 Å². The van der Waals surface area contributed by atoms with Crippen molar-refractivity contribution in [1.82, 2.24) is 9.88 Å². The number of anilines is 2. The van der Waals surface area contributed by atoms with Crippen molar-refractivity contribution < 1.29 is 23.5 Å². The number of carbonyl (C=O) groups is 3. The fraction of sp³-hybridized carbons (Fsp3) is 0.280. The number of ether oxygens (including phenoxy) is 1. The van der Waals surface area contributed by atoms with Crippen LogP contribution in [-0.2, 0) is 4.79 Å². The summed E-state index contributed by atoms with van der Waals surface area (Å²) in [5.74, 6) is 0.106. The average Bonchev–Trinajstić information content (AvgIpc) is 3.32. The Kier molecular flexibility index (Phi) is 6.09. The molecule has 3 amide bonds. The number of pyridine rings is 1. The molecule has 4 heterocycles. The minimum atomic E-state index is -0.855. The normalized spacial score (nSPS) is 17.8. The lowest BCUT2D eigenvalue weighted by Crippen LogP contribution is -2.52. The maximum absolute atomic E-state index is 13.5. The fourth-order valence-corrected chi connectivity index (χ4v) is 4.48. The molecule has 1 atom stereocenters. The van der Waals surface area contributed by atoms with Crippen molar-refractivity contribution in [3.63, 3.8) is 0 Å². The molecule has 0 aliphatic carbocycles. The molecule has 1 fully saturated rings. The molecule has 2 aliphatic heterocycles. The molecular formula is C25H25N5O5. The summed E-state index contributed by atoms with van der Waals surface area (Å²) in [6.45, 7) is 2.12. The molecule has 1 unspecified atom stereocenters. The SMILES string of the molecule is NC(=O)c1cccnc1N1CCCN(C(=O)C2CN(C(=O)c3ccco3)c3ccccc3O2)CC1. The van der Waals surface area contributed by atoms with Gasteiger partial charge in [-0.3, -0.25) is 19.3 Å². The van der Waals surface area contributed by atoms with Gasteiger partial charge in [-0.05, 0) is 42.8 Å². The van der Waals surface area contributed by atoms with Crippen LogP contribution >= 0.6 is 0 Å². The molecule has 1 aromatic carbocycles. The van der Waals surface area contributed by atoms with Crippen LogP contribution in [0.2, 0.25) is 0 Å². The van der Waals surface area contributed by atoms with Crippen LogP contribution in [0.3, 0.4) is 0 Å². The van der Waals surface area contributed by atoms with Gasteiger partial charge >= 0.3 is 0 Å². The van der Waals surface area contributed by atoms with Crippen LogP contribution in [0.25, 0.3) is 0 Å². The molecule has 0 bridgehead atoms. The number of hydrogen-bond donors (Lipinski definition) is 1. The number of carbonyl (C=O) groups excluding carboxylic acids is 3. The Balaban J connectivity index is 1.33. The Morgan fingerprint density at radius 1 is 0.971 bits per heavy atom. The minimum absolute atomic E-state index is 0.0711. The molecule has 10 heteroatoms. The summed E-state index contributed by atoms with van der Waals surface area (Å²) in [5, 5.41) is 0. The maximum atomic E-state index is 13.5. The van der Waals surface area contributed by atoms with Crippen LogP contribution in [0.15, 0.2) is 65.4 Å². The number of furan rings is 1. The van der Waals surface area contributed by atoms with Crippen LogP contribution in [0.1, 0.15) is 27.3 Å². The number of nitrogens with zero attached hydrogens (tertiary/aromatic N) is 4. The highest BCUT2D eigenvalue weighted by molar-refractivity contribution is 6.06. The number of fused-ring (bicyclic) bond motifs is 1. The van der Waals surface area contributed by atoms with Crippen molar-refractivity contribution >= 4 is 29.2 Å². The second kappa shape index (κ2) is 9.49. The summed E-state index contributed by atoms with van der Waals surface area (Å²) in [4.78, 5) is 48.0. The van der Waals surface area contributed by atoms with Crippen LogP contribution in [0.5, 0.6) is 5.75 Å². The van der Waals surface area contributed by atoms with Gasteiger partial charge in [-0.1, -0.05) is 12.1 Å². The van der Waals surface area contributed by atoms with Gasteiger partial charge in [0.1, 0.15) is 11.6 Å². The number of primary amides is 1. The van der Waals surface area contributed by atoms with E-state index in [-0.39, 0.29) is 24.1 Å². The van der Waals surface area contributed by atoms with Gasteiger partial charge in [0, 0.05) is 32.4 Å². The summed E-state index contributed by atoms with van der Waals surface area (Å²) in [5.41, 5.74) is 6.46. The number of para-hydroxylation sites is 2. The predicted molar refractivity (Wildman–Crippen MR) is 127 cm³/mol. The smallest absolute Gasteiger partial charge is 0.294 e. The zero-order chi connectivity index (χ0) is 24.4. The Morgan fingerprint density at radius 3 is 2.63 bits per heavy atom. The third-order valence-electron chi connectivity index (χ3n) is 6.19. The first kappa shape index (κ1) is 22.5. The summed E-state index contributed by atoms with van der Waals surface area (Å²) in [6, 6.07) is 13.7. The molecule has 0 saturated carbocycles. The van der Waals surface area contributed by atoms with Gasteiger partial charge in [-0.2, -0.15) is 0 Å². The van der Waals surface area contributed by atoms with Crippen molar-refractivity contribution in [2.75, 3.05) is 42.5 Å². The summed E-state index contributed by atoms with van der Waals surface area (Å²) in [6.07, 6.45) is 2.88. The minimum Gasteiger partial charge on any atom is -0.476 e. The van der Waals surface area contributed by atoms with Gasteiger partial charge in [0.25, 0.3) is 17.7 Å². The highest BCUT2D eigenvalue weighted by Gasteiger charge is 2.37. The van der Waals surface area contributed by atoms with E-state index < -0.39 is 12.0 Å². The standard InChI is InChI=1S/C25H25N5O5/c26-22(31)17-6-3-10-27-23(17)28-11-5-12-29(14-13-28)24(32)21-16-30(25(33)20-9-4-15-34-20)18-7-1-2-8-19(18)35-21/h1-4,6-10,15,21H,5,11-14,16H2,(H2,26,31). The van der Waals surface area contributed by atoms with Crippen molar-refractivity contribution in [3.8, 4) is 5.75 Å². The molecule has 10 nitrogen and oxygen atoms in total. The third kappa shape index (κ3) is 4.42. The zero-order valence-corrected chi connectivity index (χ0v) is 19.0. The number of benzene rings is 1. The highest BCUT2D eigenvalue weighted by atomic mass is 16.5. The Bertz CT molecular complexity index is 1240. The second-order valence-electron chi connectivity index (χ2n) is 8.37. The van der Waals surface area contributed by atoms with Gasteiger partial charge in [-0.15, -0.1) is 0 Å². The molecule has 180 valence electrons. The molecular weight excluding hydrogens is 450 g/mol. The molecule has 1 saturated heterocycles. The zero-order valence-electron chi connectivity index (χ0n) is 19.0. The summed E-state index contributed by atoms with van der Waals surface area (Å²) in [7, 11) is 0. The fourth-order valence-electron chi connectivity index (χ4n) is 4.48. The maximum Gasteiger partial charge on any atom is 0.294 e.